The third kappa shape index (κ3) is 5.09. The van der Waals surface area contributed by atoms with Crippen molar-refractivity contribution in [2.24, 2.45) is 0 Å². The average molecular weight is 494 g/mol. The van der Waals surface area contributed by atoms with E-state index in [1.807, 2.05) is 0 Å². The molecule has 34 heavy (non-hydrogen) atoms. The molecule has 0 aliphatic heterocycles. The lowest BCUT2D eigenvalue weighted by Crippen LogP contribution is -2.16. The number of halogens is 5. The van der Waals surface area contributed by atoms with Crippen molar-refractivity contribution in [1.29, 1.82) is 0 Å². The fourth-order valence-electron chi connectivity index (χ4n) is 3.32. The Kier molecular flexibility index (Phi) is 6.38. The quantitative estimate of drug-likeness (QED) is 0.262. The standard InChI is InChI=1S/C22H16ClF4N5O2/c1-12(20(24)25)32-11-28-18-10-13(9-16(19(18)32)17-3-2-8-29-31-17)21(33)30-14-4-6-15(7-5-14)34-22(23,26)27/h2-12,20H,1H3,(H,30,33)/t12-/m1/s1. The van der Waals surface area contributed by atoms with Crippen LogP contribution in [0, 0.1) is 0 Å². The zero-order chi connectivity index (χ0) is 24.5. The smallest absolute Gasteiger partial charge is 0.420 e. The average Bonchev–Trinajstić information content (AvgIpc) is 3.22. The van der Waals surface area contributed by atoms with Gasteiger partial charge in [0.25, 0.3) is 12.3 Å². The van der Waals surface area contributed by atoms with E-state index in [0.29, 0.717) is 28.0 Å². The first-order valence-electron chi connectivity index (χ1n) is 9.86. The minimum Gasteiger partial charge on any atom is -0.420 e. The van der Waals surface area contributed by atoms with Crippen molar-refractivity contribution in [2.75, 3.05) is 5.32 Å². The van der Waals surface area contributed by atoms with E-state index in [4.69, 9.17) is 11.6 Å². The summed E-state index contributed by atoms with van der Waals surface area (Å²) in [6.45, 7) is 1.36. The van der Waals surface area contributed by atoms with Crippen LogP contribution in [0.4, 0.5) is 23.2 Å². The van der Waals surface area contributed by atoms with Gasteiger partial charge in [-0.25, -0.2) is 13.8 Å². The zero-order valence-electron chi connectivity index (χ0n) is 17.4. The molecule has 176 valence electrons. The van der Waals surface area contributed by atoms with Gasteiger partial charge in [0.05, 0.1) is 29.1 Å². The predicted molar refractivity (Wildman–Crippen MR) is 117 cm³/mol. The first kappa shape index (κ1) is 23.4. The number of nitrogens with one attached hydrogen (secondary N) is 1. The number of aromatic nitrogens is 4. The lowest BCUT2D eigenvalue weighted by Gasteiger charge is -2.16. The molecule has 4 rings (SSSR count). The fourth-order valence-corrected chi connectivity index (χ4v) is 3.41. The van der Waals surface area contributed by atoms with Crippen molar-refractivity contribution in [1.82, 2.24) is 19.7 Å². The predicted octanol–water partition coefficient (Wildman–Crippen LogP) is 5.74. The van der Waals surface area contributed by atoms with Gasteiger partial charge in [-0.05, 0) is 55.5 Å². The van der Waals surface area contributed by atoms with E-state index in [2.05, 4.69) is 25.2 Å². The number of ether oxygens (including phenoxy) is 1. The van der Waals surface area contributed by atoms with E-state index >= 15 is 0 Å². The second-order valence-electron chi connectivity index (χ2n) is 7.25. The van der Waals surface area contributed by atoms with Gasteiger partial charge in [0, 0.05) is 34.6 Å². The van der Waals surface area contributed by atoms with Crippen LogP contribution in [0.3, 0.4) is 0 Å². The van der Waals surface area contributed by atoms with Gasteiger partial charge in [0.1, 0.15) is 5.75 Å². The summed E-state index contributed by atoms with van der Waals surface area (Å²) < 4.78 is 57.9. The number of rotatable bonds is 7. The number of hydrogen-bond acceptors (Lipinski definition) is 5. The summed E-state index contributed by atoms with van der Waals surface area (Å²) in [5.41, 5.74) is -1.92. The van der Waals surface area contributed by atoms with Crippen LogP contribution in [0.5, 0.6) is 5.75 Å². The molecule has 1 amide bonds. The van der Waals surface area contributed by atoms with E-state index in [9.17, 15) is 22.4 Å². The van der Waals surface area contributed by atoms with Gasteiger partial charge < -0.3 is 14.6 Å². The maximum atomic E-state index is 13.4. The summed E-state index contributed by atoms with van der Waals surface area (Å²) >= 11 is 4.74. The topological polar surface area (TPSA) is 81.9 Å². The number of hydrogen-bond donors (Lipinski definition) is 1. The highest BCUT2D eigenvalue weighted by atomic mass is 35.5. The maximum absolute atomic E-state index is 13.4. The molecule has 1 atom stereocenters. The largest absolute Gasteiger partial charge is 0.487 e. The summed E-state index contributed by atoms with van der Waals surface area (Å²) in [6, 6.07) is 10.2. The molecule has 0 spiro atoms. The fraction of sp³-hybridized carbons (Fsp3) is 0.182. The van der Waals surface area contributed by atoms with Crippen molar-refractivity contribution >= 4 is 34.2 Å². The van der Waals surface area contributed by atoms with Gasteiger partial charge in [-0.1, -0.05) is 0 Å². The molecule has 7 nitrogen and oxygen atoms in total. The van der Waals surface area contributed by atoms with Crippen molar-refractivity contribution in [3.05, 3.63) is 66.6 Å². The minimum atomic E-state index is -3.86. The normalized spacial score (nSPS) is 12.7. The van der Waals surface area contributed by atoms with Crippen LogP contribution in [-0.2, 0) is 0 Å². The van der Waals surface area contributed by atoms with E-state index < -0.39 is 23.9 Å². The monoisotopic (exact) mass is 493 g/mol. The van der Waals surface area contributed by atoms with E-state index in [-0.39, 0.29) is 11.3 Å². The van der Waals surface area contributed by atoms with Crippen LogP contribution < -0.4 is 10.1 Å². The van der Waals surface area contributed by atoms with Crippen LogP contribution in [-0.4, -0.2) is 37.6 Å². The van der Waals surface area contributed by atoms with E-state index in [1.165, 1.54) is 60.4 Å². The molecule has 0 aliphatic rings. The van der Waals surface area contributed by atoms with E-state index in [1.54, 1.807) is 12.1 Å². The molecule has 0 aliphatic carbocycles. The number of carbonyl (C=O) groups is 1. The highest BCUT2D eigenvalue weighted by molar-refractivity contribution is 6.20. The Morgan fingerprint density at radius 3 is 2.53 bits per heavy atom. The maximum Gasteiger partial charge on any atom is 0.487 e. The van der Waals surface area contributed by atoms with Crippen molar-refractivity contribution in [3.63, 3.8) is 0 Å². The third-order valence-corrected chi connectivity index (χ3v) is 5.01. The lowest BCUT2D eigenvalue weighted by molar-refractivity contribution is -0.0964. The highest BCUT2D eigenvalue weighted by Crippen LogP contribution is 2.32. The Morgan fingerprint density at radius 1 is 1.18 bits per heavy atom. The highest BCUT2D eigenvalue weighted by Gasteiger charge is 2.27. The molecule has 0 bridgehead atoms. The number of anilines is 1. The van der Waals surface area contributed by atoms with E-state index in [0.717, 1.165) is 0 Å². The molecule has 0 fully saturated rings. The lowest BCUT2D eigenvalue weighted by atomic mass is 10.0. The molecule has 12 heteroatoms. The molecule has 1 N–H and O–H groups in total. The number of amides is 1. The Balaban J connectivity index is 1.70. The molecular formula is C22H16ClF4N5O2. The minimum absolute atomic E-state index is 0.177. The summed E-state index contributed by atoms with van der Waals surface area (Å²) in [4.78, 5) is 17.1. The summed E-state index contributed by atoms with van der Waals surface area (Å²) in [5.74, 6) is -0.733. The number of alkyl halides is 5. The number of nitrogens with zero attached hydrogens (tertiary/aromatic N) is 4. The Hall–Kier alpha value is -3.73. The molecule has 0 radical (unpaired) electrons. The van der Waals surface area contributed by atoms with Gasteiger partial charge in [0.15, 0.2) is 0 Å². The number of carbonyl (C=O) groups excluding carboxylic acids is 1. The van der Waals surface area contributed by atoms with Crippen LogP contribution in [0.2, 0.25) is 0 Å². The molecule has 0 saturated carbocycles. The Morgan fingerprint density at radius 2 is 1.91 bits per heavy atom. The van der Waals surface area contributed by atoms with Gasteiger partial charge in [-0.2, -0.15) is 10.2 Å². The number of imidazole rings is 1. The molecule has 0 unspecified atom stereocenters. The first-order chi connectivity index (χ1) is 16.1. The van der Waals surface area contributed by atoms with Crippen LogP contribution in [0.15, 0.2) is 61.1 Å². The van der Waals surface area contributed by atoms with Gasteiger partial charge in [-0.15, -0.1) is 8.78 Å². The summed E-state index contributed by atoms with van der Waals surface area (Å²) in [6.07, 6.45) is 0.110. The van der Waals surface area contributed by atoms with Gasteiger partial charge in [-0.3, -0.25) is 4.79 Å². The second kappa shape index (κ2) is 9.26. The number of fused-ring (bicyclic) bond motifs is 1. The van der Waals surface area contributed by atoms with Gasteiger partial charge in [0.2, 0.25) is 0 Å². The molecule has 2 aromatic heterocycles. The van der Waals surface area contributed by atoms with Crippen molar-refractivity contribution in [3.8, 4) is 17.0 Å². The first-order valence-corrected chi connectivity index (χ1v) is 10.2. The molecule has 0 saturated heterocycles. The van der Waals surface area contributed by atoms with Crippen LogP contribution in [0.25, 0.3) is 22.3 Å². The summed E-state index contributed by atoms with van der Waals surface area (Å²) in [7, 11) is 0. The molecule has 4 aromatic rings. The summed E-state index contributed by atoms with van der Waals surface area (Å²) in [5, 5.41) is 10.5. The molecular weight excluding hydrogens is 478 g/mol. The van der Waals surface area contributed by atoms with Crippen molar-refractivity contribution in [2.45, 2.75) is 25.0 Å². The van der Waals surface area contributed by atoms with Gasteiger partial charge >= 0.3 is 5.57 Å². The number of benzene rings is 2. The third-order valence-electron chi connectivity index (χ3n) is 4.93. The molecule has 2 heterocycles. The Labute approximate surface area is 195 Å². The van der Waals surface area contributed by atoms with Crippen LogP contribution in [0.1, 0.15) is 23.3 Å². The van der Waals surface area contributed by atoms with Crippen LogP contribution >= 0.6 is 11.6 Å². The zero-order valence-corrected chi connectivity index (χ0v) is 18.2. The second-order valence-corrected chi connectivity index (χ2v) is 7.69. The van der Waals surface area contributed by atoms with Crippen molar-refractivity contribution < 1.29 is 27.1 Å². The Bertz CT molecular complexity index is 1310. The molecule has 2 aromatic carbocycles. The SMILES string of the molecule is C[C@H](C(F)F)n1cnc2cc(C(=O)Nc3ccc(OC(F)(F)Cl)cc3)cc(-c3cccnn3)c21.